The number of nitrogens with zero attached hydrogens (tertiary/aromatic N) is 8. The topological polar surface area (TPSA) is 292 Å². The highest BCUT2D eigenvalue weighted by atomic mass is 19.1. The SMILES string of the molecule is CC[C@@H](CNC(=O)[C@@H]1C[C@H](NCCOCCOCCOCCOCCC(=O)NCCn2nc(C#N)c3c2CN(C)C(=O)c2ccc(F)cc2[C@@H](C)Oc2nc-3cnc2N)CN1C(=O)C(C=NC(=O)[C@H](C)NC)C(C)(C)C)c1ccccc1. The first-order valence-corrected chi connectivity index (χ1v) is 27.9. The molecule has 0 saturated carbocycles. The molecule has 24 heteroatoms. The molecular weight excluding hydrogens is 1060 g/mol. The summed E-state index contributed by atoms with van der Waals surface area (Å²) in [5.41, 5.74) is 8.19. The van der Waals surface area contributed by atoms with Gasteiger partial charge in [0.15, 0.2) is 11.5 Å². The van der Waals surface area contributed by atoms with E-state index in [-0.39, 0.29) is 109 Å². The van der Waals surface area contributed by atoms with Crippen LogP contribution in [0.4, 0.5) is 10.2 Å². The minimum Gasteiger partial charge on any atom is -0.467 e. The third kappa shape index (κ3) is 17.9. The average molecular weight is 1140 g/mol. The molecule has 444 valence electrons. The number of nitrogens with two attached hydrogens (primary N) is 1. The normalized spacial score (nSPS) is 17.4. The van der Waals surface area contributed by atoms with Crippen molar-refractivity contribution in [3.8, 4) is 23.2 Å². The van der Waals surface area contributed by atoms with Crippen molar-refractivity contribution in [2.45, 2.75) is 104 Å². The molecule has 6 rings (SSSR count). The highest BCUT2D eigenvalue weighted by Gasteiger charge is 2.44. The van der Waals surface area contributed by atoms with E-state index in [2.05, 4.69) is 66.5 Å². The standard InChI is InChI=1S/C58H80FN13O10/c1-9-39(40-13-11-10-12-14-40)32-66-54(75)48-30-42(35-71(48)57(77)45(58(4,5)6)33-67-53(74)37(2)62-7)63-19-22-79-24-26-81-28-27-80-25-23-78-21-17-50(73)64-18-20-72-49-36-70(8)56(76)43-16-15-41(59)29-44(43)38(3)82-55-52(61)65-34-47(68-55)51(49)46(31-60)69-72/h10-16,29,33-34,37-39,42,45,48,62-63H,9,17-28,30,32,35-36H2,1-8H3,(H2,61,65)(H,64,73)(H,66,75)/t37-,38+,39-,42-,45?,48-/m0/s1. The Morgan fingerprint density at radius 2 is 1.67 bits per heavy atom. The molecule has 82 heavy (non-hydrogen) atoms. The van der Waals surface area contributed by atoms with Gasteiger partial charge in [-0.15, -0.1) is 0 Å². The predicted molar refractivity (Wildman–Crippen MR) is 304 cm³/mol. The van der Waals surface area contributed by atoms with Crippen LogP contribution in [0, 0.1) is 28.5 Å². The molecule has 1 saturated heterocycles. The Balaban J connectivity index is 0.870. The number of carbonyl (C=O) groups excluding carboxylic acids is 5. The lowest BCUT2D eigenvalue weighted by Gasteiger charge is -2.33. The van der Waals surface area contributed by atoms with E-state index < -0.39 is 41.2 Å². The van der Waals surface area contributed by atoms with E-state index in [1.165, 1.54) is 40.2 Å². The number of nitrogens with one attached hydrogen (secondary N) is 4. The number of likely N-dealkylation sites (tertiary alicyclic amines) is 1. The summed E-state index contributed by atoms with van der Waals surface area (Å²) in [6, 6.07) is 14.5. The van der Waals surface area contributed by atoms with Gasteiger partial charge < -0.3 is 60.5 Å². The van der Waals surface area contributed by atoms with Gasteiger partial charge >= 0.3 is 0 Å². The first kappa shape index (κ1) is 63.9. The van der Waals surface area contributed by atoms with Crippen LogP contribution in [0.5, 0.6) is 5.88 Å². The quantitative estimate of drug-likeness (QED) is 0.0397. The number of hydrogen-bond donors (Lipinski definition) is 5. The van der Waals surface area contributed by atoms with Crippen molar-refractivity contribution in [3.05, 3.63) is 88.6 Å². The molecule has 1 fully saturated rings. The third-order valence-corrected chi connectivity index (χ3v) is 14.3. The number of ether oxygens (including phenoxy) is 5. The van der Waals surface area contributed by atoms with Gasteiger partial charge in [0.1, 0.15) is 24.0 Å². The lowest BCUT2D eigenvalue weighted by atomic mass is 9.80. The Hall–Kier alpha value is -7.27. The zero-order chi connectivity index (χ0) is 59.3. The van der Waals surface area contributed by atoms with Gasteiger partial charge in [-0.05, 0) is 62.9 Å². The minimum absolute atomic E-state index is 0.0187. The Labute approximate surface area is 479 Å². The molecule has 0 aliphatic carbocycles. The van der Waals surface area contributed by atoms with Crippen molar-refractivity contribution < 1.29 is 52.0 Å². The van der Waals surface area contributed by atoms with Crippen LogP contribution in [0.3, 0.4) is 0 Å². The molecule has 2 bridgehead atoms. The fourth-order valence-electron chi connectivity index (χ4n) is 9.49. The van der Waals surface area contributed by atoms with E-state index in [4.69, 9.17) is 29.4 Å². The molecule has 0 radical (unpaired) electrons. The molecule has 6 atom stereocenters. The second kappa shape index (κ2) is 31.2. The Morgan fingerprint density at radius 3 is 2.33 bits per heavy atom. The fourth-order valence-corrected chi connectivity index (χ4v) is 9.49. The number of hydrogen-bond acceptors (Lipinski definition) is 17. The first-order valence-electron chi connectivity index (χ1n) is 27.9. The summed E-state index contributed by atoms with van der Waals surface area (Å²) in [6.07, 6.45) is 3.31. The summed E-state index contributed by atoms with van der Waals surface area (Å²) in [6.45, 7) is 15.1. The minimum atomic E-state index is -0.834. The number of fused-ring (bicyclic) bond motifs is 5. The number of benzene rings is 2. The summed E-state index contributed by atoms with van der Waals surface area (Å²) >= 11 is 0. The molecule has 23 nitrogen and oxygen atoms in total. The van der Waals surface area contributed by atoms with Crippen LogP contribution in [0.2, 0.25) is 0 Å². The molecule has 0 spiro atoms. The monoisotopic (exact) mass is 1140 g/mol. The molecule has 2 aromatic heterocycles. The molecule has 6 N–H and O–H groups in total. The van der Waals surface area contributed by atoms with Crippen molar-refractivity contribution in [1.82, 2.24) is 50.8 Å². The van der Waals surface area contributed by atoms with Crippen LogP contribution < -0.4 is 31.7 Å². The molecule has 2 aliphatic heterocycles. The number of halogens is 1. The number of rotatable bonds is 28. The van der Waals surface area contributed by atoms with Crippen LogP contribution in [-0.2, 0) is 51.2 Å². The summed E-state index contributed by atoms with van der Waals surface area (Å²) in [7, 11) is 3.25. The summed E-state index contributed by atoms with van der Waals surface area (Å²) in [5, 5.41) is 27.0. The Bertz CT molecular complexity index is 2860. The van der Waals surface area contributed by atoms with Crippen molar-refractivity contribution in [1.29, 1.82) is 5.26 Å². The lowest BCUT2D eigenvalue weighted by molar-refractivity contribution is -0.142. The van der Waals surface area contributed by atoms with Crippen LogP contribution >= 0.6 is 0 Å². The van der Waals surface area contributed by atoms with Crippen molar-refractivity contribution in [3.63, 3.8) is 0 Å². The highest BCUT2D eigenvalue weighted by molar-refractivity contribution is 6.01. The highest BCUT2D eigenvalue weighted by Crippen LogP contribution is 2.35. The second-order valence-corrected chi connectivity index (χ2v) is 21.3. The zero-order valence-electron chi connectivity index (χ0n) is 48.4. The fraction of sp³-hybridized carbons (Fsp3) is 0.552. The van der Waals surface area contributed by atoms with Gasteiger partial charge in [0.05, 0.1) is 101 Å². The van der Waals surface area contributed by atoms with Crippen LogP contribution in [-0.4, -0.2) is 177 Å². The zero-order valence-corrected chi connectivity index (χ0v) is 48.4. The second-order valence-electron chi connectivity index (χ2n) is 21.3. The van der Waals surface area contributed by atoms with Gasteiger partial charge in [0.2, 0.25) is 17.7 Å². The molecule has 5 amide bonds. The number of anilines is 1. The van der Waals surface area contributed by atoms with Gasteiger partial charge in [0.25, 0.3) is 17.7 Å². The average Bonchev–Trinajstić information content (AvgIpc) is 3.70. The Morgan fingerprint density at radius 1 is 0.988 bits per heavy atom. The maximum absolute atomic E-state index is 14.4. The van der Waals surface area contributed by atoms with E-state index in [1.54, 1.807) is 32.8 Å². The predicted octanol–water partition coefficient (Wildman–Crippen LogP) is 3.97. The van der Waals surface area contributed by atoms with Crippen LogP contribution in [0.1, 0.15) is 106 Å². The number of likely N-dealkylation sites (N-methyl/N-ethyl adjacent to an activating group) is 1. The van der Waals surface area contributed by atoms with Crippen molar-refractivity contribution >= 4 is 41.6 Å². The maximum atomic E-state index is 14.4. The van der Waals surface area contributed by atoms with Gasteiger partial charge in [0, 0.05) is 68.9 Å². The molecule has 4 aromatic rings. The van der Waals surface area contributed by atoms with Crippen molar-refractivity contribution in [2.24, 2.45) is 16.3 Å². The van der Waals surface area contributed by atoms with Crippen molar-refractivity contribution in [2.75, 3.05) is 98.9 Å². The van der Waals surface area contributed by atoms with Crippen LogP contribution in [0.25, 0.3) is 11.3 Å². The number of nitriles is 1. The molecular formula is C58H80FN13O10. The number of carbonyl (C=O) groups is 5. The molecule has 2 aromatic carbocycles. The summed E-state index contributed by atoms with van der Waals surface area (Å²) in [4.78, 5) is 83.5. The Kier molecular flexibility index (Phi) is 24.3. The van der Waals surface area contributed by atoms with E-state index in [0.717, 1.165) is 12.0 Å². The third-order valence-electron chi connectivity index (χ3n) is 14.3. The molecule has 2 aliphatic rings. The van der Waals surface area contributed by atoms with Gasteiger partial charge in [-0.1, -0.05) is 58.0 Å². The largest absolute Gasteiger partial charge is 0.467 e. The summed E-state index contributed by atoms with van der Waals surface area (Å²) in [5.74, 6) is -2.83. The van der Waals surface area contributed by atoms with Gasteiger partial charge in [-0.2, -0.15) is 10.4 Å². The van der Waals surface area contributed by atoms with E-state index in [9.17, 15) is 33.6 Å². The number of aromatic nitrogens is 4. The smallest absolute Gasteiger partial charge is 0.262 e. The van der Waals surface area contributed by atoms with Crippen LogP contribution in [0.15, 0.2) is 59.7 Å². The van der Waals surface area contributed by atoms with E-state index in [1.807, 2.05) is 39.0 Å². The van der Waals surface area contributed by atoms with Gasteiger partial charge in [-0.3, -0.25) is 28.7 Å². The number of amides is 5. The van der Waals surface area contributed by atoms with Gasteiger partial charge in [-0.25, -0.2) is 19.4 Å². The number of nitrogen functional groups attached to an aromatic ring is 1. The molecule has 1 unspecified atom stereocenters. The summed E-state index contributed by atoms with van der Waals surface area (Å²) < 4.78 is 44.7. The molecule has 4 heterocycles. The number of aliphatic imine (C=N–C) groups is 1. The van der Waals surface area contributed by atoms with E-state index in [0.29, 0.717) is 77.0 Å². The maximum Gasteiger partial charge on any atom is 0.262 e. The van der Waals surface area contributed by atoms with E-state index >= 15 is 0 Å². The lowest BCUT2D eigenvalue weighted by Crippen LogP contribution is -2.50. The first-order chi connectivity index (χ1) is 39.3.